The SMILES string of the molecule is [2H]CN1C(=O)c2ccc(N3CC4CC4c4cc(C(=O)N5CCC(F)(F)CC5)cnc43)cc2C12CC2. The molecule has 2 aliphatic carbocycles. The Labute approximate surface area is 197 Å². The summed E-state index contributed by atoms with van der Waals surface area (Å²) in [5, 5.41) is 0. The number of pyridine rings is 1. The number of aromatic nitrogens is 1. The van der Waals surface area contributed by atoms with Gasteiger partial charge in [-0.1, -0.05) is 0 Å². The van der Waals surface area contributed by atoms with Gasteiger partial charge in [-0.15, -0.1) is 0 Å². The number of carbonyl (C=O) groups excluding carboxylic acids is 2. The standard InChI is InChI=1S/C26H26F2N4O2/c1-30-24(34)18-3-2-17(12-21(18)25(30)4-5-25)32-14-16-11-19(16)20-10-15(13-29-22(20)32)23(33)31-8-6-26(27,28)7-9-31/h2-3,10,12-13,16,19H,4-9,11,14H2,1H3/i1D. The summed E-state index contributed by atoms with van der Waals surface area (Å²) < 4.78 is 34.9. The summed E-state index contributed by atoms with van der Waals surface area (Å²) in [6.45, 7) is 0.957. The number of carbonyl (C=O) groups is 2. The summed E-state index contributed by atoms with van der Waals surface area (Å²) in [6, 6.07) is 7.85. The van der Waals surface area contributed by atoms with Gasteiger partial charge < -0.3 is 14.7 Å². The number of anilines is 2. The summed E-state index contributed by atoms with van der Waals surface area (Å²) in [7, 11) is -0.0355. The third kappa shape index (κ3) is 2.80. The highest BCUT2D eigenvalue weighted by molar-refractivity contribution is 6.01. The van der Waals surface area contributed by atoms with Gasteiger partial charge in [-0.3, -0.25) is 9.59 Å². The van der Waals surface area contributed by atoms with Crippen LogP contribution in [0.5, 0.6) is 0 Å². The molecule has 2 atom stereocenters. The van der Waals surface area contributed by atoms with Crippen molar-refractivity contribution >= 4 is 23.3 Å². The summed E-state index contributed by atoms with van der Waals surface area (Å²) in [5.74, 6) is -1.29. The van der Waals surface area contributed by atoms with Crippen LogP contribution in [-0.2, 0) is 5.54 Å². The predicted octanol–water partition coefficient (Wildman–Crippen LogP) is 4.28. The first-order valence-electron chi connectivity index (χ1n) is 12.7. The molecule has 2 unspecified atom stereocenters. The number of halogens is 2. The van der Waals surface area contributed by atoms with E-state index in [-0.39, 0.29) is 50.3 Å². The molecule has 1 saturated heterocycles. The van der Waals surface area contributed by atoms with Crippen molar-refractivity contribution in [2.45, 2.75) is 49.5 Å². The van der Waals surface area contributed by atoms with Crippen LogP contribution in [-0.4, -0.2) is 59.2 Å². The molecule has 176 valence electrons. The highest BCUT2D eigenvalue weighted by Crippen LogP contribution is 2.58. The van der Waals surface area contributed by atoms with E-state index < -0.39 is 5.92 Å². The Morgan fingerprint density at radius 2 is 1.97 bits per heavy atom. The molecule has 1 spiro atoms. The number of likely N-dealkylation sites (tertiary alicyclic amines) is 1. The third-order valence-electron chi connectivity index (χ3n) is 8.45. The molecule has 3 aliphatic heterocycles. The molecule has 2 saturated carbocycles. The Bertz CT molecular complexity index is 1270. The number of amides is 2. The molecule has 2 amide bonds. The van der Waals surface area contributed by atoms with Crippen LogP contribution in [0.2, 0.25) is 0 Å². The average molecular weight is 466 g/mol. The van der Waals surface area contributed by atoms with Gasteiger partial charge in [0.15, 0.2) is 0 Å². The lowest BCUT2D eigenvalue weighted by Gasteiger charge is -2.33. The lowest BCUT2D eigenvalue weighted by molar-refractivity contribution is -0.0494. The second kappa shape index (κ2) is 6.55. The fourth-order valence-corrected chi connectivity index (χ4v) is 6.10. The number of hydrogen-bond donors (Lipinski definition) is 0. The Morgan fingerprint density at radius 3 is 2.71 bits per heavy atom. The molecule has 0 bridgehead atoms. The summed E-state index contributed by atoms with van der Waals surface area (Å²) in [5.41, 5.74) is 3.87. The number of nitrogens with zero attached hydrogens (tertiary/aromatic N) is 4. The molecular weight excluding hydrogens is 438 g/mol. The highest BCUT2D eigenvalue weighted by Gasteiger charge is 2.56. The van der Waals surface area contributed by atoms with Crippen molar-refractivity contribution in [2.24, 2.45) is 5.92 Å². The van der Waals surface area contributed by atoms with Gasteiger partial charge in [0.25, 0.3) is 17.7 Å². The van der Waals surface area contributed by atoms with Gasteiger partial charge in [-0.2, -0.15) is 0 Å². The van der Waals surface area contributed by atoms with Crippen LogP contribution in [0.15, 0.2) is 30.5 Å². The zero-order chi connectivity index (χ0) is 24.1. The average Bonchev–Trinajstić information content (AvgIpc) is 3.77. The number of piperidine rings is 1. The number of hydrogen-bond acceptors (Lipinski definition) is 4. The van der Waals surface area contributed by atoms with Crippen molar-refractivity contribution in [3.63, 3.8) is 0 Å². The van der Waals surface area contributed by atoms with E-state index in [0.29, 0.717) is 23.0 Å². The molecule has 8 heteroatoms. The number of benzene rings is 1. The molecule has 0 N–H and O–H groups in total. The molecule has 2 aromatic rings. The quantitative estimate of drug-likeness (QED) is 0.664. The molecule has 34 heavy (non-hydrogen) atoms. The normalized spacial score (nSPS) is 27.8. The van der Waals surface area contributed by atoms with Crippen LogP contribution < -0.4 is 4.90 Å². The second-order valence-corrected chi connectivity index (χ2v) is 10.5. The zero-order valence-electron chi connectivity index (χ0n) is 19.8. The van der Waals surface area contributed by atoms with Gasteiger partial charge in [0.2, 0.25) is 0 Å². The Morgan fingerprint density at radius 1 is 1.18 bits per heavy atom. The van der Waals surface area contributed by atoms with Crippen molar-refractivity contribution in [2.75, 3.05) is 31.6 Å². The Hall–Kier alpha value is -3.03. The molecule has 1 aromatic carbocycles. The maximum absolute atomic E-state index is 13.5. The fraction of sp³-hybridized carbons (Fsp3) is 0.500. The van der Waals surface area contributed by atoms with E-state index in [1.54, 1.807) is 11.1 Å². The van der Waals surface area contributed by atoms with E-state index in [0.717, 1.165) is 48.4 Å². The minimum absolute atomic E-state index is 0.0355. The minimum Gasteiger partial charge on any atom is -0.338 e. The fourth-order valence-electron chi connectivity index (χ4n) is 6.10. The van der Waals surface area contributed by atoms with Gasteiger partial charge in [0, 0.05) is 58.3 Å². The summed E-state index contributed by atoms with van der Waals surface area (Å²) in [6.07, 6.45) is 3.80. The maximum Gasteiger partial charge on any atom is 0.255 e. The van der Waals surface area contributed by atoms with Crippen LogP contribution in [0.1, 0.15) is 71.2 Å². The molecule has 5 aliphatic rings. The lowest BCUT2D eigenvalue weighted by atomic mass is 9.99. The molecule has 3 fully saturated rings. The first kappa shape index (κ1) is 19.3. The van der Waals surface area contributed by atoms with Gasteiger partial charge >= 0.3 is 0 Å². The highest BCUT2D eigenvalue weighted by atomic mass is 19.3. The summed E-state index contributed by atoms with van der Waals surface area (Å²) in [4.78, 5) is 35.9. The second-order valence-electron chi connectivity index (χ2n) is 10.5. The van der Waals surface area contributed by atoms with Crippen LogP contribution in [0, 0.1) is 5.92 Å². The van der Waals surface area contributed by atoms with E-state index in [1.807, 2.05) is 18.2 Å². The van der Waals surface area contributed by atoms with E-state index in [9.17, 15) is 18.4 Å². The zero-order valence-corrected chi connectivity index (χ0v) is 18.8. The molecule has 1 aromatic heterocycles. The van der Waals surface area contributed by atoms with E-state index in [2.05, 4.69) is 11.0 Å². The first-order valence-corrected chi connectivity index (χ1v) is 12.0. The van der Waals surface area contributed by atoms with Crippen LogP contribution >= 0.6 is 0 Å². The van der Waals surface area contributed by atoms with E-state index in [1.165, 1.54) is 4.90 Å². The lowest BCUT2D eigenvalue weighted by Crippen LogP contribution is -2.42. The van der Waals surface area contributed by atoms with Gasteiger partial charge in [0.05, 0.1) is 11.1 Å². The van der Waals surface area contributed by atoms with Gasteiger partial charge in [-0.25, -0.2) is 13.8 Å². The van der Waals surface area contributed by atoms with E-state index in [4.69, 9.17) is 6.35 Å². The number of fused-ring (bicyclic) bond motifs is 5. The molecule has 0 radical (unpaired) electrons. The number of alkyl halides is 2. The van der Waals surface area contributed by atoms with E-state index >= 15 is 0 Å². The Balaban J connectivity index is 1.21. The predicted molar refractivity (Wildman–Crippen MR) is 122 cm³/mol. The third-order valence-corrected chi connectivity index (χ3v) is 8.45. The largest absolute Gasteiger partial charge is 0.338 e. The first-order chi connectivity index (χ1) is 16.8. The number of rotatable bonds is 2. The topological polar surface area (TPSA) is 56.8 Å². The minimum atomic E-state index is -2.69. The van der Waals surface area contributed by atoms with Crippen molar-refractivity contribution in [1.82, 2.24) is 14.8 Å². The summed E-state index contributed by atoms with van der Waals surface area (Å²) >= 11 is 0. The van der Waals surface area contributed by atoms with Crippen molar-refractivity contribution in [3.8, 4) is 0 Å². The molecule has 7 rings (SSSR count). The van der Waals surface area contributed by atoms with Crippen molar-refractivity contribution in [1.29, 1.82) is 0 Å². The van der Waals surface area contributed by atoms with Crippen LogP contribution in [0.25, 0.3) is 0 Å². The van der Waals surface area contributed by atoms with Crippen LogP contribution in [0.4, 0.5) is 20.3 Å². The molecular formula is C26H26F2N4O2. The Kier molecular flexibility index (Phi) is 3.72. The van der Waals surface area contributed by atoms with Gasteiger partial charge in [0.1, 0.15) is 5.82 Å². The van der Waals surface area contributed by atoms with Crippen LogP contribution in [0.3, 0.4) is 0 Å². The monoisotopic (exact) mass is 465 g/mol. The van der Waals surface area contributed by atoms with Crippen molar-refractivity contribution < 1.29 is 19.7 Å². The molecule has 4 heterocycles. The maximum atomic E-state index is 13.5. The smallest absolute Gasteiger partial charge is 0.255 e. The van der Waals surface area contributed by atoms with Crippen molar-refractivity contribution in [3.05, 3.63) is 52.7 Å². The van der Waals surface area contributed by atoms with Gasteiger partial charge in [-0.05, 0) is 66.5 Å². The molecule has 6 nitrogen and oxygen atoms in total.